The molecule has 3 rings (SSSR count). The van der Waals surface area contributed by atoms with Crippen LogP contribution in [0, 0.1) is 6.92 Å². The number of esters is 1. The van der Waals surface area contributed by atoms with Crippen LogP contribution in [0.5, 0.6) is 0 Å². The number of methoxy groups -OCH3 is 1. The minimum atomic E-state index is -0.496. The van der Waals surface area contributed by atoms with Gasteiger partial charge < -0.3 is 15.4 Å². The maximum absolute atomic E-state index is 12.4. The third kappa shape index (κ3) is 3.43. The third-order valence-electron chi connectivity index (χ3n) is 4.55. The molecule has 1 aromatic rings. The Kier molecular flexibility index (Phi) is 4.85. The van der Waals surface area contributed by atoms with E-state index in [2.05, 4.69) is 15.5 Å². The van der Waals surface area contributed by atoms with Gasteiger partial charge in [-0.05, 0) is 38.4 Å². The van der Waals surface area contributed by atoms with Gasteiger partial charge in [-0.25, -0.2) is 9.59 Å². The normalized spacial score (nSPS) is 21.4. The molecule has 1 fully saturated rings. The van der Waals surface area contributed by atoms with Crippen LogP contribution < -0.4 is 10.6 Å². The van der Waals surface area contributed by atoms with Gasteiger partial charge >= 0.3 is 12.0 Å². The molecule has 0 radical (unpaired) electrons. The first-order valence-electron chi connectivity index (χ1n) is 8.26. The minimum Gasteiger partial charge on any atom is -0.466 e. The number of benzene rings is 1. The molecular weight excluding hydrogens is 306 g/mol. The van der Waals surface area contributed by atoms with Crippen molar-refractivity contribution in [2.45, 2.75) is 25.8 Å². The summed E-state index contributed by atoms with van der Waals surface area (Å²) in [7, 11) is 1.37. The number of hydrogen-bond acceptors (Lipinski definition) is 4. The summed E-state index contributed by atoms with van der Waals surface area (Å²) in [4.78, 5) is 26.8. The van der Waals surface area contributed by atoms with Gasteiger partial charge in [0.15, 0.2) is 0 Å². The predicted molar refractivity (Wildman–Crippen MR) is 90.3 cm³/mol. The number of nitrogens with one attached hydrogen (secondary N) is 2. The Morgan fingerprint density at radius 1 is 1.25 bits per heavy atom. The lowest BCUT2D eigenvalue weighted by Gasteiger charge is -2.31. The number of carbonyl (C=O) groups is 2. The second kappa shape index (κ2) is 7.05. The summed E-state index contributed by atoms with van der Waals surface area (Å²) in [6.07, 6.45) is 2.29. The molecule has 1 unspecified atom stereocenters. The van der Waals surface area contributed by atoms with Crippen LogP contribution in [0.2, 0.25) is 0 Å². The van der Waals surface area contributed by atoms with E-state index in [0.717, 1.165) is 37.1 Å². The topological polar surface area (TPSA) is 70.7 Å². The average Bonchev–Trinajstić information content (AvgIpc) is 3.07. The van der Waals surface area contributed by atoms with E-state index in [1.54, 1.807) is 0 Å². The SMILES string of the molecule is COC(=O)C1=C(CN2CCCC2)NC(=O)NC1c1ccc(C)cc1. The van der Waals surface area contributed by atoms with E-state index in [-0.39, 0.29) is 6.03 Å². The van der Waals surface area contributed by atoms with Crippen LogP contribution in [-0.2, 0) is 9.53 Å². The molecule has 6 nitrogen and oxygen atoms in total. The number of rotatable bonds is 4. The molecule has 1 atom stereocenters. The minimum absolute atomic E-state index is 0.289. The molecule has 0 aliphatic carbocycles. The summed E-state index contributed by atoms with van der Waals surface area (Å²) in [6.45, 7) is 4.52. The highest BCUT2D eigenvalue weighted by molar-refractivity contribution is 5.95. The van der Waals surface area contributed by atoms with Crippen molar-refractivity contribution >= 4 is 12.0 Å². The molecule has 2 heterocycles. The molecule has 128 valence electrons. The molecule has 1 saturated heterocycles. The van der Waals surface area contributed by atoms with E-state index in [4.69, 9.17) is 4.74 Å². The van der Waals surface area contributed by atoms with Gasteiger partial charge in [0.2, 0.25) is 0 Å². The first-order chi connectivity index (χ1) is 11.6. The molecule has 0 spiro atoms. The summed E-state index contributed by atoms with van der Waals surface area (Å²) in [5.74, 6) is -0.415. The summed E-state index contributed by atoms with van der Waals surface area (Å²) in [5, 5.41) is 5.65. The maximum Gasteiger partial charge on any atom is 0.338 e. The van der Waals surface area contributed by atoms with Gasteiger partial charge in [0.05, 0.1) is 18.7 Å². The van der Waals surface area contributed by atoms with Crippen molar-refractivity contribution in [3.05, 3.63) is 46.7 Å². The first kappa shape index (κ1) is 16.5. The number of urea groups is 1. The van der Waals surface area contributed by atoms with Crippen molar-refractivity contribution in [1.82, 2.24) is 15.5 Å². The van der Waals surface area contributed by atoms with Crippen molar-refractivity contribution in [3.8, 4) is 0 Å². The zero-order valence-electron chi connectivity index (χ0n) is 14.1. The van der Waals surface area contributed by atoms with E-state index in [9.17, 15) is 9.59 Å². The van der Waals surface area contributed by atoms with E-state index in [0.29, 0.717) is 17.8 Å². The first-order valence-corrected chi connectivity index (χ1v) is 8.26. The smallest absolute Gasteiger partial charge is 0.338 e. The molecular formula is C18H23N3O3. The summed E-state index contributed by atoms with van der Waals surface area (Å²) < 4.78 is 4.99. The molecule has 1 aromatic carbocycles. The standard InChI is InChI=1S/C18H23N3O3/c1-12-5-7-13(8-6-12)16-15(17(22)24-2)14(19-18(23)20-16)11-21-9-3-4-10-21/h5-8,16H,3-4,9-11H2,1-2H3,(H2,19,20,23). The lowest BCUT2D eigenvalue weighted by molar-refractivity contribution is -0.136. The highest BCUT2D eigenvalue weighted by Gasteiger charge is 2.34. The van der Waals surface area contributed by atoms with Crippen LogP contribution in [0.3, 0.4) is 0 Å². The Morgan fingerprint density at radius 2 is 1.92 bits per heavy atom. The highest BCUT2D eigenvalue weighted by Crippen LogP contribution is 2.28. The summed E-state index contributed by atoms with van der Waals surface area (Å²) in [5.41, 5.74) is 3.11. The van der Waals surface area contributed by atoms with Crippen molar-refractivity contribution in [3.63, 3.8) is 0 Å². The maximum atomic E-state index is 12.4. The van der Waals surface area contributed by atoms with Gasteiger partial charge in [-0.15, -0.1) is 0 Å². The molecule has 2 N–H and O–H groups in total. The van der Waals surface area contributed by atoms with Crippen LogP contribution >= 0.6 is 0 Å². The van der Waals surface area contributed by atoms with Gasteiger partial charge in [0, 0.05) is 12.2 Å². The van der Waals surface area contributed by atoms with E-state index in [1.165, 1.54) is 7.11 Å². The second-order valence-electron chi connectivity index (χ2n) is 6.31. The van der Waals surface area contributed by atoms with Crippen molar-refractivity contribution in [2.24, 2.45) is 0 Å². The van der Waals surface area contributed by atoms with Crippen LogP contribution in [0.1, 0.15) is 30.0 Å². The van der Waals surface area contributed by atoms with Crippen LogP contribution in [0.4, 0.5) is 4.79 Å². The number of aryl methyl sites for hydroxylation is 1. The fraction of sp³-hybridized carbons (Fsp3) is 0.444. The average molecular weight is 329 g/mol. The molecule has 2 aliphatic heterocycles. The Hall–Kier alpha value is -2.34. The molecule has 0 saturated carbocycles. The van der Waals surface area contributed by atoms with Gasteiger partial charge in [-0.2, -0.15) is 0 Å². The van der Waals surface area contributed by atoms with Gasteiger partial charge in [0.1, 0.15) is 0 Å². The number of likely N-dealkylation sites (tertiary alicyclic amines) is 1. The predicted octanol–water partition coefficient (Wildman–Crippen LogP) is 1.87. The Bertz CT molecular complexity index is 661. The Morgan fingerprint density at radius 3 is 2.54 bits per heavy atom. The zero-order valence-corrected chi connectivity index (χ0v) is 14.1. The van der Waals surface area contributed by atoms with Crippen molar-refractivity contribution in [1.29, 1.82) is 0 Å². The zero-order chi connectivity index (χ0) is 17.1. The van der Waals surface area contributed by atoms with Gasteiger partial charge in [0.25, 0.3) is 0 Å². The second-order valence-corrected chi connectivity index (χ2v) is 6.31. The van der Waals surface area contributed by atoms with Crippen molar-refractivity contribution < 1.29 is 14.3 Å². The Labute approximate surface area is 141 Å². The quantitative estimate of drug-likeness (QED) is 0.828. The fourth-order valence-corrected chi connectivity index (χ4v) is 3.27. The molecule has 6 heteroatoms. The molecule has 2 amide bonds. The largest absolute Gasteiger partial charge is 0.466 e. The number of carbonyl (C=O) groups excluding carboxylic acids is 2. The lowest BCUT2D eigenvalue weighted by atomic mass is 9.94. The van der Waals surface area contributed by atoms with E-state index in [1.807, 2.05) is 31.2 Å². The molecule has 0 aromatic heterocycles. The van der Waals surface area contributed by atoms with Crippen molar-refractivity contribution in [2.75, 3.05) is 26.7 Å². The van der Waals surface area contributed by atoms with E-state index < -0.39 is 12.0 Å². The van der Waals surface area contributed by atoms with Crippen LogP contribution in [0.15, 0.2) is 35.5 Å². The third-order valence-corrected chi connectivity index (χ3v) is 4.55. The number of nitrogens with zero attached hydrogens (tertiary/aromatic N) is 1. The number of ether oxygens (including phenoxy) is 1. The number of amides is 2. The van der Waals surface area contributed by atoms with Crippen LogP contribution in [-0.4, -0.2) is 43.6 Å². The summed E-state index contributed by atoms with van der Waals surface area (Å²) in [6, 6.07) is 7.02. The lowest BCUT2D eigenvalue weighted by Crippen LogP contribution is -2.48. The molecule has 2 aliphatic rings. The monoisotopic (exact) mass is 329 g/mol. The number of hydrogen-bond donors (Lipinski definition) is 2. The Balaban J connectivity index is 1.99. The molecule has 0 bridgehead atoms. The summed E-state index contributed by atoms with van der Waals surface area (Å²) >= 11 is 0. The molecule has 24 heavy (non-hydrogen) atoms. The van der Waals surface area contributed by atoms with Crippen LogP contribution in [0.25, 0.3) is 0 Å². The van der Waals surface area contributed by atoms with E-state index >= 15 is 0 Å². The van der Waals surface area contributed by atoms with Gasteiger partial charge in [-0.3, -0.25) is 4.90 Å². The fourth-order valence-electron chi connectivity index (χ4n) is 3.27. The van der Waals surface area contributed by atoms with Gasteiger partial charge in [-0.1, -0.05) is 29.8 Å². The highest BCUT2D eigenvalue weighted by atomic mass is 16.5.